The maximum atomic E-state index is 11.6. The van der Waals surface area contributed by atoms with E-state index < -0.39 is 12.1 Å². The van der Waals surface area contributed by atoms with Gasteiger partial charge in [0.15, 0.2) is 6.10 Å². The third-order valence-electron chi connectivity index (χ3n) is 4.04. The molecule has 136 valence electrons. The Morgan fingerprint density at radius 2 is 1.26 bits per heavy atom. The summed E-state index contributed by atoms with van der Waals surface area (Å²) in [6, 6.07) is 0. The van der Waals surface area contributed by atoms with Crippen LogP contribution in [-0.2, 0) is 14.3 Å². The molecule has 0 unspecified atom stereocenters. The van der Waals surface area contributed by atoms with Crippen molar-refractivity contribution < 1.29 is 14.3 Å². The van der Waals surface area contributed by atoms with Gasteiger partial charge in [0.1, 0.15) is 0 Å². The van der Waals surface area contributed by atoms with Crippen molar-refractivity contribution in [1.82, 2.24) is 5.32 Å². The molecule has 0 saturated heterocycles. The maximum Gasteiger partial charge on any atom is 0.303 e. The van der Waals surface area contributed by atoms with E-state index in [-0.39, 0.29) is 5.91 Å². The van der Waals surface area contributed by atoms with Gasteiger partial charge in [-0.1, -0.05) is 77.6 Å². The molecule has 1 amide bonds. The molecule has 0 saturated carbocycles. The first-order valence-corrected chi connectivity index (χ1v) is 9.52. The zero-order valence-electron chi connectivity index (χ0n) is 15.5. The molecule has 4 nitrogen and oxygen atoms in total. The quantitative estimate of drug-likeness (QED) is 0.349. The molecular formula is C19H37NO3. The highest BCUT2D eigenvalue weighted by Gasteiger charge is 2.14. The van der Waals surface area contributed by atoms with Crippen LogP contribution in [0.5, 0.6) is 0 Å². The van der Waals surface area contributed by atoms with Gasteiger partial charge in [-0.05, 0) is 13.3 Å². The minimum absolute atomic E-state index is 0.205. The first-order valence-electron chi connectivity index (χ1n) is 9.52. The van der Waals surface area contributed by atoms with E-state index in [0.29, 0.717) is 6.54 Å². The summed E-state index contributed by atoms with van der Waals surface area (Å²) in [5.74, 6) is -0.624. The van der Waals surface area contributed by atoms with E-state index in [1.165, 1.54) is 71.1 Å². The van der Waals surface area contributed by atoms with Crippen LogP contribution in [-0.4, -0.2) is 24.5 Å². The molecule has 0 radical (unpaired) electrons. The lowest BCUT2D eigenvalue weighted by atomic mass is 10.1. The van der Waals surface area contributed by atoms with Gasteiger partial charge in [0.25, 0.3) is 5.91 Å². The highest BCUT2D eigenvalue weighted by atomic mass is 16.5. The Bertz CT molecular complexity index is 305. The highest BCUT2D eigenvalue weighted by molar-refractivity contribution is 5.82. The molecule has 0 rings (SSSR count). The molecular weight excluding hydrogens is 290 g/mol. The molecule has 0 fully saturated rings. The molecule has 0 bridgehead atoms. The van der Waals surface area contributed by atoms with E-state index in [9.17, 15) is 9.59 Å². The summed E-state index contributed by atoms with van der Waals surface area (Å²) in [7, 11) is 0. The molecule has 0 aromatic carbocycles. The van der Waals surface area contributed by atoms with E-state index >= 15 is 0 Å². The van der Waals surface area contributed by atoms with E-state index in [4.69, 9.17) is 4.74 Å². The third-order valence-corrected chi connectivity index (χ3v) is 4.04. The maximum absolute atomic E-state index is 11.6. The first kappa shape index (κ1) is 21.9. The lowest BCUT2D eigenvalue weighted by Gasteiger charge is -2.11. The van der Waals surface area contributed by atoms with Crippen molar-refractivity contribution in [2.45, 2.75) is 104 Å². The second kappa shape index (κ2) is 15.8. The van der Waals surface area contributed by atoms with Crippen molar-refractivity contribution in [2.75, 3.05) is 6.54 Å². The van der Waals surface area contributed by atoms with Crippen molar-refractivity contribution in [3.8, 4) is 0 Å². The fraction of sp³-hybridized carbons (Fsp3) is 0.895. The van der Waals surface area contributed by atoms with Gasteiger partial charge in [-0.15, -0.1) is 0 Å². The number of nitrogens with one attached hydrogen (secondary N) is 1. The molecule has 0 heterocycles. The van der Waals surface area contributed by atoms with Gasteiger partial charge in [0, 0.05) is 13.5 Å². The van der Waals surface area contributed by atoms with Gasteiger partial charge in [0.05, 0.1) is 0 Å². The predicted octanol–water partition coefficient (Wildman–Crippen LogP) is 4.76. The fourth-order valence-electron chi connectivity index (χ4n) is 2.62. The monoisotopic (exact) mass is 327 g/mol. The number of ether oxygens (including phenoxy) is 1. The number of carbonyl (C=O) groups excluding carboxylic acids is 2. The van der Waals surface area contributed by atoms with Gasteiger partial charge in [0.2, 0.25) is 0 Å². The van der Waals surface area contributed by atoms with E-state index in [0.717, 1.165) is 12.8 Å². The normalized spacial score (nSPS) is 12.0. The van der Waals surface area contributed by atoms with E-state index in [2.05, 4.69) is 12.2 Å². The molecule has 0 aromatic heterocycles. The predicted molar refractivity (Wildman–Crippen MR) is 95.3 cm³/mol. The van der Waals surface area contributed by atoms with Crippen LogP contribution < -0.4 is 5.32 Å². The largest absolute Gasteiger partial charge is 0.453 e. The standard InChI is InChI=1S/C19H37NO3/c1-4-5-6-7-8-9-10-11-12-13-14-15-16-20-19(22)17(2)23-18(3)21/h17H,4-16H2,1-3H3,(H,20,22)/t17-/m0/s1. The Kier molecular flexibility index (Phi) is 15.1. The molecule has 0 aliphatic heterocycles. The van der Waals surface area contributed by atoms with Crippen LogP contribution in [0.4, 0.5) is 0 Å². The number of amides is 1. The average molecular weight is 328 g/mol. The number of unbranched alkanes of at least 4 members (excludes halogenated alkanes) is 11. The topological polar surface area (TPSA) is 55.4 Å². The SMILES string of the molecule is CCCCCCCCCCCCCCNC(=O)[C@H](C)OC(C)=O. The van der Waals surface area contributed by atoms with Gasteiger partial charge in [-0.25, -0.2) is 0 Å². The zero-order chi connectivity index (χ0) is 17.3. The molecule has 1 atom stereocenters. The number of hydrogen-bond acceptors (Lipinski definition) is 3. The van der Waals surface area contributed by atoms with Gasteiger partial charge in [-0.2, -0.15) is 0 Å². The summed E-state index contributed by atoms with van der Waals surface area (Å²) in [6.45, 7) is 5.84. The second-order valence-corrected chi connectivity index (χ2v) is 6.43. The van der Waals surface area contributed by atoms with Gasteiger partial charge >= 0.3 is 5.97 Å². The van der Waals surface area contributed by atoms with Crippen molar-refractivity contribution in [3.05, 3.63) is 0 Å². The minimum atomic E-state index is -0.690. The van der Waals surface area contributed by atoms with Gasteiger partial charge < -0.3 is 10.1 Å². The van der Waals surface area contributed by atoms with E-state index in [1.54, 1.807) is 6.92 Å². The number of carbonyl (C=O) groups is 2. The lowest BCUT2D eigenvalue weighted by Crippen LogP contribution is -2.35. The third kappa shape index (κ3) is 15.6. The molecule has 0 aliphatic rings. The zero-order valence-corrected chi connectivity index (χ0v) is 15.5. The van der Waals surface area contributed by atoms with Crippen LogP contribution in [0.2, 0.25) is 0 Å². The van der Waals surface area contributed by atoms with Crippen molar-refractivity contribution in [2.24, 2.45) is 0 Å². The Morgan fingerprint density at radius 3 is 1.70 bits per heavy atom. The Labute approximate surface area is 142 Å². The average Bonchev–Trinajstić information content (AvgIpc) is 2.51. The molecule has 1 N–H and O–H groups in total. The summed E-state index contributed by atoms with van der Waals surface area (Å²) >= 11 is 0. The summed E-state index contributed by atoms with van der Waals surface area (Å²) < 4.78 is 4.82. The fourth-order valence-corrected chi connectivity index (χ4v) is 2.62. The molecule has 0 aliphatic carbocycles. The molecule has 23 heavy (non-hydrogen) atoms. The van der Waals surface area contributed by atoms with Crippen molar-refractivity contribution in [1.29, 1.82) is 0 Å². The van der Waals surface area contributed by atoms with Crippen LogP contribution in [0, 0.1) is 0 Å². The van der Waals surface area contributed by atoms with Crippen LogP contribution in [0.1, 0.15) is 97.8 Å². The van der Waals surface area contributed by atoms with Crippen LogP contribution in [0.15, 0.2) is 0 Å². The van der Waals surface area contributed by atoms with Gasteiger partial charge in [-0.3, -0.25) is 9.59 Å². The second-order valence-electron chi connectivity index (χ2n) is 6.43. The lowest BCUT2D eigenvalue weighted by molar-refractivity contribution is -0.152. The first-order chi connectivity index (χ1) is 11.1. The smallest absolute Gasteiger partial charge is 0.303 e. The number of hydrogen-bond donors (Lipinski definition) is 1. The number of esters is 1. The molecule has 4 heteroatoms. The molecule has 0 spiro atoms. The summed E-state index contributed by atoms with van der Waals surface area (Å²) in [4.78, 5) is 22.3. The van der Waals surface area contributed by atoms with Crippen LogP contribution >= 0.6 is 0 Å². The van der Waals surface area contributed by atoms with Crippen molar-refractivity contribution >= 4 is 11.9 Å². The summed E-state index contributed by atoms with van der Waals surface area (Å²) in [5.41, 5.74) is 0. The van der Waals surface area contributed by atoms with Crippen molar-refractivity contribution in [3.63, 3.8) is 0 Å². The summed E-state index contributed by atoms with van der Waals surface area (Å²) in [5, 5.41) is 2.81. The Morgan fingerprint density at radius 1 is 0.826 bits per heavy atom. The molecule has 0 aromatic rings. The Hall–Kier alpha value is -1.06. The van der Waals surface area contributed by atoms with E-state index in [1.807, 2.05) is 0 Å². The van der Waals surface area contributed by atoms with Crippen LogP contribution in [0.3, 0.4) is 0 Å². The Balaban J connectivity index is 3.24. The highest BCUT2D eigenvalue weighted by Crippen LogP contribution is 2.11. The number of rotatable bonds is 15. The van der Waals surface area contributed by atoms with Crippen LogP contribution in [0.25, 0.3) is 0 Å². The summed E-state index contributed by atoms with van der Waals surface area (Å²) in [6.07, 6.45) is 15.0. The minimum Gasteiger partial charge on any atom is -0.453 e.